The molecule has 0 atom stereocenters. The molecular formula is C13H17NO2. The number of nitrogens with zero attached hydrogens (tertiary/aromatic N) is 1. The number of carbonyl (C=O) groups excluding carboxylic acids is 1. The van der Waals surface area contributed by atoms with Gasteiger partial charge in [-0.3, -0.25) is 4.79 Å². The smallest absolute Gasteiger partial charge is 0.246 e. The number of hydrogen-bond acceptors (Lipinski definition) is 2. The van der Waals surface area contributed by atoms with Crippen LogP contribution in [0.15, 0.2) is 30.3 Å². The van der Waals surface area contributed by atoms with E-state index in [9.17, 15) is 4.79 Å². The molecule has 0 saturated heterocycles. The van der Waals surface area contributed by atoms with Gasteiger partial charge in [0.2, 0.25) is 5.91 Å². The molecular weight excluding hydrogens is 202 g/mol. The Bertz CT molecular complexity index is 366. The molecule has 16 heavy (non-hydrogen) atoms. The van der Waals surface area contributed by atoms with E-state index in [4.69, 9.17) is 4.74 Å². The summed E-state index contributed by atoms with van der Waals surface area (Å²) in [5.74, 6) is 0.826. The van der Waals surface area contributed by atoms with Gasteiger partial charge in [0.25, 0.3) is 0 Å². The zero-order valence-electron chi connectivity index (χ0n) is 9.93. The van der Waals surface area contributed by atoms with Crippen LogP contribution in [0, 0.1) is 0 Å². The minimum absolute atomic E-state index is 0.0196. The Balaban J connectivity index is 2.65. The van der Waals surface area contributed by atoms with Gasteiger partial charge < -0.3 is 9.64 Å². The molecule has 0 radical (unpaired) electrons. The first kappa shape index (κ1) is 12.3. The molecule has 0 aliphatic rings. The van der Waals surface area contributed by atoms with Gasteiger partial charge in [0.15, 0.2) is 0 Å². The summed E-state index contributed by atoms with van der Waals surface area (Å²) in [5.41, 5.74) is 0.985. The summed E-state index contributed by atoms with van der Waals surface area (Å²) >= 11 is 0. The fourth-order valence-corrected chi connectivity index (χ4v) is 1.16. The molecule has 0 aromatic heterocycles. The maximum Gasteiger partial charge on any atom is 0.246 e. The second-order valence-electron chi connectivity index (χ2n) is 3.57. The van der Waals surface area contributed by atoms with Crippen LogP contribution in [0.1, 0.15) is 12.5 Å². The van der Waals surface area contributed by atoms with Crippen LogP contribution < -0.4 is 4.74 Å². The summed E-state index contributed by atoms with van der Waals surface area (Å²) in [6.45, 7) is 2.61. The van der Waals surface area contributed by atoms with Crippen LogP contribution in [-0.4, -0.2) is 31.5 Å². The normalized spacial score (nSPS) is 10.4. The van der Waals surface area contributed by atoms with E-state index in [1.54, 1.807) is 26.2 Å². The lowest BCUT2D eigenvalue weighted by Crippen LogP contribution is -2.18. The summed E-state index contributed by atoms with van der Waals surface area (Å²) in [6.07, 6.45) is 3.34. The van der Waals surface area contributed by atoms with Crippen LogP contribution in [0.5, 0.6) is 5.75 Å². The third-order valence-corrected chi connectivity index (χ3v) is 2.05. The van der Waals surface area contributed by atoms with Crippen molar-refractivity contribution in [3.05, 3.63) is 35.9 Å². The van der Waals surface area contributed by atoms with E-state index in [1.165, 1.54) is 4.90 Å². The van der Waals surface area contributed by atoms with Gasteiger partial charge in [0.05, 0.1) is 6.61 Å². The first-order valence-corrected chi connectivity index (χ1v) is 5.25. The summed E-state index contributed by atoms with van der Waals surface area (Å²) in [7, 11) is 3.45. The monoisotopic (exact) mass is 219 g/mol. The van der Waals surface area contributed by atoms with Crippen LogP contribution in [0.25, 0.3) is 6.08 Å². The van der Waals surface area contributed by atoms with E-state index in [0.29, 0.717) is 6.61 Å². The molecule has 1 amide bonds. The van der Waals surface area contributed by atoms with Crippen LogP contribution in [0.2, 0.25) is 0 Å². The Labute approximate surface area is 96.3 Å². The molecule has 3 heteroatoms. The van der Waals surface area contributed by atoms with Gasteiger partial charge in [-0.05, 0) is 30.7 Å². The van der Waals surface area contributed by atoms with Gasteiger partial charge in [-0.15, -0.1) is 0 Å². The van der Waals surface area contributed by atoms with Gasteiger partial charge in [-0.25, -0.2) is 0 Å². The molecule has 1 aromatic rings. The number of amides is 1. The Morgan fingerprint density at radius 1 is 1.31 bits per heavy atom. The quantitative estimate of drug-likeness (QED) is 0.726. The van der Waals surface area contributed by atoms with Crippen molar-refractivity contribution in [2.24, 2.45) is 0 Å². The van der Waals surface area contributed by atoms with Gasteiger partial charge >= 0.3 is 0 Å². The maximum atomic E-state index is 11.3. The highest BCUT2D eigenvalue weighted by Gasteiger charge is 1.97. The average Bonchev–Trinajstić information content (AvgIpc) is 2.28. The molecule has 0 fully saturated rings. The lowest BCUT2D eigenvalue weighted by atomic mass is 10.2. The predicted molar refractivity (Wildman–Crippen MR) is 65.3 cm³/mol. The SMILES string of the molecule is CCOc1ccc(/C=C\C(=O)N(C)C)cc1. The average molecular weight is 219 g/mol. The number of likely N-dealkylation sites (N-methyl/N-ethyl adjacent to an activating group) is 1. The maximum absolute atomic E-state index is 11.3. The van der Waals surface area contributed by atoms with Crippen molar-refractivity contribution in [2.75, 3.05) is 20.7 Å². The Morgan fingerprint density at radius 2 is 1.94 bits per heavy atom. The van der Waals surface area contributed by atoms with Crippen LogP contribution in [-0.2, 0) is 4.79 Å². The first-order chi connectivity index (χ1) is 7.63. The topological polar surface area (TPSA) is 29.5 Å². The highest BCUT2D eigenvalue weighted by molar-refractivity contribution is 5.91. The van der Waals surface area contributed by atoms with Crippen molar-refractivity contribution in [2.45, 2.75) is 6.92 Å². The number of benzene rings is 1. The molecule has 0 aliphatic heterocycles. The van der Waals surface area contributed by atoms with Crippen molar-refractivity contribution in [1.82, 2.24) is 4.90 Å². The molecule has 0 spiro atoms. The van der Waals surface area contributed by atoms with E-state index >= 15 is 0 Å². The zero-order chi connectivity index (χ0) is 12.0. The molecule has 86 valence electrons. The second-order valence-corrected chi connectivity index (χ2v) is 3.57. The van der Waals surface area contributed by atoms with Crippen molar-refractivity contribution in [3.8, 4) is 5.75 Å². The molecule has 0 heterocycles. The molecule has 3 nitrogen and oxygen atoms in total. The standard InChI is InChI=1S/C13H17NO2/c1-4-16-12-8-5-11(6-9-12)7-10-13(15)14(2)3/h5-10H,4H2,1-3H3/b10-7-. The molecule has 0 saturated carbocycles. The second kappa shape index (κ2) is 5.95. The van der Waals surface area contributed by atoms with Crippen molar-refractivity contribution in [3.63, 3.8) is 0 Å². The molecule has 0 bridgehead atoms. The van der Waals surface area contributed by atoms with E-state index in [1.807, 2.05) is 31.2 Å². The molecule has 0 N–H and O–H groups in total. The molecule has 1 aromatic carbocycles. The Hall–Kier alpha value is -1.77. The number of carbonyl (C=O) groups is 1. The van der Waals surface area contributed by atoms with Crippen molar-refractivity contribution < 1.29 is 9.53 Å². The summed E-state index contributed by atoms with van der Waals surface area (Å²) < 4.78 is 5.33. The number of hydrogen-bond donors (Lipinski definition) is 0. The third-order valence-electron chi connectivity index (χ3n) is 2.05. The highest BCUT2D eigenvalue weighted by atomic mass is 16.5. The Morgan fingerprint density at radius 3 is 2.44 bits per heavy atom. The molecule has 0 unspecified atom stereocenters. The molecule has 0 aliphatic carbocycles. The van der Waals surface area contributed by atoms with Gasteiger partial charge in [0, 0.05) is 20.2 Å². The van der Waals surface area contributed by atoms with E-state index in [0.717, 1.165) is 11.3 Å². The minimum Gasteiger partial charge on any atom is -0.494 e. The number of rotatable bonds is 4. The van der Waals surface area contributed by atoms with Crippen LogP contribution >= 0.6 is 0 Å². The lowest BCUT2D eigenvalue weighted by Gasteiger charge is -2.05. The fourth-order valence-electron chi connectivity index (χ4n) is 1.16. The zero-order valence-corrected chi connectivity index (χ0v) is 9.93. The van der Waals surface area contributed by atoms with E-state index in [2.05, 4.69) is 0 Å². The number of ether oxygens (including phenoxy) is 1. The summed E-state index contributed by atoms with van der Waals surface area (Å²) in [4.78, 5) is 12.8. The summed E-state index contributed by atoms with van der Waals surface area (Å²) in [6, 6.07) is 7.63. The fraction of sp³-hybridized carbons (Fsp3) is 0.308. The van der Waals surface area contributed by atoms with Gasteiger partial charge in [0.1, 0.15) is 5.75 Å². The van der Waals surface area contributed by atoms with E-state index < -0.39 is 0 Å². The Kier molecular flexibility index (Phi) is 4.58. The van der Waals surface area contributed by atoms with Crippen molar-refractivity contribution >= 4 is 12.0 Å². The van der Waals surface area contributed by atoms with Gasteiger partial charge in [-0.2, -0.15) is 0 Å². The molecule has 1 rings (SSSR count). The minimum atomic E-state index is -0.0196. The highest BCUT2D eigenvalue weighted by Crippen LogP contribution is 2.12. The lowest BCUT2D eigenvalue weighted by molar-refractivity contribution is -0.123. The van der Waals surface area contributed by atoms with Crippen molar-refractivity contribution in [1.29, 1.82) is 0 Å². The van der Waals surface area contributed by atoms with Gasteiger partial charge in [-0.1, -0.05) is 12.1 Å². The van der Waals surface area contributed by atoms with Crippen LogP contribution in [0.4, 0.5) is 0 Å². The first-order valence-electron chi connectivity index (χ1n) is 5.25. The predicted octanol–water partition coefficient (Wildman–Crippen LogP) is 2.19. The summed E-state index contributed by atoms with van der Waals surface area (Å²) in [5, 5.41) is 0. The largest absolute Gasteiger partial charge is 0.494 e. The van der Waals surface area contributed by atoms with Crippen LogP contribution in [0.3, 0.4) is 0 Å². The third kappa shape index (κ3) is 3.77. The van der Waals surface area contributed by atoms with E-state index in [-0.39, 0.29) is 5.91 Å².